The number of pyridine rings is 1. The second kappa shape index (κ2) is 12.0. The third kappa shape index (κ3) is 7.48. The number of hydrogen-bond acceptors (Lipinski definition) is 9. The molecule has 1 aromatic heterocycles. The number of aromatic nitrogens is 1. The zero-order chi connectivity index (χ0) is 22.1. The van der Waals surface area contributed by atoms with Crippen molar-refractivity contribution in [2.24, 2.45) is 10.2 Å². The number of esters is 1. The van der Waals surface area contributed by atoms with Gasteiger partial charge in [0.15, 0.2) is 5.82 Å². The van der Waals surface area contributed by atoms with E-state index in [1.165, 1.54) is 6.07 Å². The molecular weight excluding hydrogens is 422 g/mol. The molecule has 0 radical (unpaired) electrons. The van der Waals surface area contributed by atoms with Crippen LogP contribution >= 0.6 is 12.4 Å². The van der Waals surface area contributed by atoms with Gasteiger partial charge in [0.1, 0.15) is 28.6 Å². The van der Waals surface area contributed by atoms with Crippen LogP contribution in [0.5, 0.6) is 11.5 Å². The van der Waals surface area contributed by atoms with E-state index in [2.05, 4.69) is 15.2 Å². The molecule has 2 aromatic carbocycles. The number of phenols is 2. The van der Waals surface area contributed by atoms with Crippen molar-refractivity contribution >= 4 is 41.4 Å². The molecule has 0 amide bonds. The standard InChI is InChI=1S/C11H11N5.C10H12O4.ClH/c12-10-7-6-9(11(13)14-10)16-15-8-4-2-1-3-5-8;1-3-14-10(13)9-6(2)4-7(11)5-8(9)12;/h1-7H,(H4,12,13,14);4-5,11-12H,3H2,1-2H3;1H. The van der Waals surface area contributed by atoms with Crippen LogP contribution in [0.4, 0.5) is 23.0 Å². The van der Waals surface area contributed by atoms with Gasteiger partial charge in [-0.25, -0.2) is 9.78 Å². The van der Waals surface area contributed by atoms with Crippen LogP contribution in [-0.2, 0) is 4.74 Å². The number of nitrogen functional groups attached to an aromatic ring is 2. The minimum absolute atomic E-state index is 0. The van der Waals surface area contributed by atoms with Crippen molar-refractivity contribution in [3.8, 4) is 11.5 Å². The molecule has 164 valence electrons. The zero-order valence-electron chi connectivity index (χ0n) is 17.0. The third-order valence-electron chi connectivity index (χ3n) is 3.73. The SMILES string of the molecule is CCOC(=O)c1c(C)cc(O)cc1O.Cl.Nc1ccc(N=Nc2ccccc2)c(N)n1. The smallest absolute Gasteiger partial charge is 0.342 e. The van der Waals surface area contributed by atoms with Crippen LogP contribution in [-0.4, -0.2) is 27.8 Å². The zero-order valence-corrected chi connectivity index (χ0v) is 17.8. The normalized spacial score (nSPS) is 10.0. The maximum Gasteiger partial charge on any atom is 0.342 e. The average Bonchev–Trinajstić information content (AvgIpc) is 2.68. The number of halogens is 1. The van der Waals surface area contributed by atoms with Crippen molar-refractivity contribution in [3.63, 3.8) is 0 Å². The summed E-state index contributed by atoms with van der Waals surface area (Å²) >= 11 is 0. The molecule has 0 aliphatic rings. The average molecular weight is 446 g/mol. The molecule has 0 fully saturated rings. The molecule has 10 heteroatoms. The summed E-state index contributed by atoms with van der Waals surface area (Å²) in [6.07, 6.45) is 0. The number of carbonyl (C=O) groups is 1. The number of phenolic OH excluding ortho intramolecular Hbond substituents is 2. The fourth-order valence-electron chi connectivity index (χ4n) is 2.39. The molecule has 9 nitrogen and oxygen atoms in total. The highest BCUT2D eigenvalue weighted by molar-refractivity contribution is 5.94. The number of benzene rings is 2. The highest BCUT2D eigenvalue weighted by Gasteiger charge is 2.16. The second-order valence-electron chi connectivity index (χ2n) is 6.05. The van der Waals surface area contributed by atoms with Crippen LogP contribution in [0.25, 0.3) is 0 Å². The van der Waals surface area contributed by atoms with Crippen LogP contribution in [0.1, 0.15) is 22.8 Å². The summed E-state index contributed by atoms with van der Waals surface area (Å²) in [5, 5.41) is 26.6. The number of hydrogen-bond donors (Lipinski definition) is 4. The van der Waals surface area contributed by atoms with Gasteiger partial charge in [0.2, 0.25) is 0 Å². The number of rotatable bonds is 4. The summed E-state index contributed by atoms with van der Waals surface area (Å²) in [6, 6.07) is 15.2. The quantitative estimate of drug-likeness (QED) is 0.335. The van der Waals surface area contributed by atoms with E-state index < -0.39 is 5.97 Å². The lowest BCUT2D eigenvalue weighted by molar-refractivity contribution is 0.0522. The van der Waals surface area contributed by atoms with E-state index >= 15 is 0 Å². The Morgan fingerprint density at radius 3 is 2.32 bits per heavy atom. The number of anilines is 2. The van der Waals surface area contributed by atoms with Crippen molar-refractivity contribution in [2.45, 2.75) is 13.8 Å². The van der Waals surface area contributed by atoms with Gasteiger partial charge in [-0.05, 0) is 49.7 Å². The predicted molar refractivity (Wildman–Crippen MR) is 121 cm³/mol. The van der Waals surface area contributed by atoms with Crippen molar-refractivity contribution in [1.82, 2.24) is 4.98 Å². The van der Waals surface area contributed by atoms with Gasteiger partial charge in [-0.15, -0.1) is 17.5 Å². The molecule has 31 heavy (non-hydrogen) atoms. The molecular formula is C21H24ClN5O4. The lowest BCUT2D eigenvalue weighted by Crippen LogP contribution is -2.06. The van der Waals surface area contributed by atoms with E-state index in [1.54, 1.807) is 26.0 Å². The van der Waals surface area contributed by atoms with Gasteiger partial charge >= 0.3 is 5.97 Å². The van der Waals surface area contributed by atoms with E-state index in [0.717, 1.165) is 11.8 Å². The van der Waals surface area contributed by atoms with Gasteiger partial charge in [-0.1, -0.05) is 18.2 Å². The Balaban J connectivity index is 0.000000303. The van der Waals surface area contributed by atoms with Gasteiger partial charge in [0.05, 0.1) is 12.3 Å². The van der Waals surface area contributed by atoms with Crippen molar-refractivity contribution in [1.29, 1.82) is 0 Å². The first-order chi connectivity index (χ1) is 14.3. The molecule has 0 saturated heterocycles. The van der Waals surface area contributed by atoms with Crippen molar-refractivity contribution in [3.05, 3.63) is 65.7 Å². The molecule has 3 rings (SSSR count). The maximum absolute atomic E-state index is 11.3. The van der Waals surface area contributed by atoms with E-state index in [4.69, 9.17) is 21.3 Å². The molecule has 0 saturated carbocycles. The summed E-state index contributed by atoms with van der Waals surface area (Å²) in [4.78, 5) is 15.2. The summed E-state index contributed by atoms with van der Waals surface area (Å²) in [5.41, 5.74) is 13.0. The number of azo groups is 1. The summed E-state index contributed by atoms with van der Waals surface area (Å²) in [6.45, 7) is 3.55. The monoisotopic (exact) mass is 445 g/mol. The van der Waals surface area contributed by atoms with Crippen molar-refractivity contribution in [2.75, 3.05) is 18.1 Å². The maximum atomic E-state index is 11.3. The Hall–Kier alpha value is -3.85. The van der Waals surface area contributed by atoms with Gasteiger partial charge in [-0.3, -0.25) is 0 Å². The van der Waals surface area contributed by atoms with Crippen LogP contribution in [0.2, 0.25) is 0 Å². The molecule has 1 heterocycles. The van der Waals surface area contributed by atoms with E-state index in [-0.39, 0.29) is 41.9 Å². The molecule has 0 aliphatic carbocycles. The molecule has 6 N–H and O–H groups in total. The minimum atomic E-state index is -0.581. The Morgan fingerprint density at radius 1 is 1.06 bits per heavy atom. The van der Waals surface area contributed by atoms with Crippen LogP contribution in [0.3, 0.4) is 0 Å². The first-order valence-electron chi connectivity index (χ1n) is 9.00. The topological polar surface area (TPSA) is 156 Å². The van der Waals surface area contributed by atoms with Gasteiger partial charge in [0, 0.05) is 6.07 Å². The van der Waals surface area contributed by atoms with E-state index in [1.807, 2.05) is 30.3 Å². The van der Waals surface area contributed by atoms with Gasteiger partial charge < -0.3 is 26.4 Å². The molecule has 0 spiro atoms. The fraction of sp³-hybridized carbons (Fsp3) is 0.143. The highest BCUT2D eigenvalue weighted by atomic mass is 35.5. The van der Waals surface area contributed by atoms with Gasteiger partial charge in [0.25, 0.3) is 0 Å². The molecule has 0 atom stereocenters. The van der Waals surface area contributed by atoms with Crippen LogP contribution < -0.4 is 11.5 Å². The largest absolute Gasteiger partial charge is 0.508 e. The summed E-state index contributed by atoms with van der Waals surface area (Å²) in [7, 11) is 0. The van der Waals surface area contributed by atoms with E-state index in [9.17, 15) is 9.90 Å². The van der Waals surface area contributed by atoms with Crippen LogP contribution in [0, 0.1) is 6.92 Å². The lowest BCUT2D eigenvalue weighted by Gasteiger charge is -2.07. The lowest BCUT2D eigenvalue weighted by atomic mass is 10.1. The third-order valence-corrected chi connectivity index (χ3v) is 3.73. The summed E-state index contributed by atoms with van der Waals surface area (Å²) < 4.78 is 4.75. The Labute approximate surface area is 185 Å². The Bertz CT molecular complexity index is 1020. The molecule has 0 unspecified atom stereocenters. The number of aryl methyl sites for hydroxylation is 1. The highest BCUT2D eigenvalue weighted by Crippen LogP contribution is 2.27. The predicted octanol–water partition coefficient (Wildman–Crippen LogP) is 4.67. The molecule has 0 aliphatic heterocycles. The van der Waals surface area contributed by atoms with Crippen LogP contribution in [0.15, 0.2) is 64.8 Å². The number of nitrogens with zero attached hydrogens (tertiary/aromatic N) is 3. The number of ether oxygens (including phenoxy) is 1. The summed E-state index contributed by atoms with van der Waals surface area (Å²) in [5.74, 6) is -0.271. The minimum Gasteiger partial charge on any atom is -0.508 e. The Morgan fingerprint density at radius 2 is 1.74 bits per heavy atom. The van der Waals surface area contributed by atoms with Crippen molar-refractivity contribution < 1.29 is 19.7 Å². The number of nitrogens with two attached hydrogens (primary N) is 2. The first-order valence-corrected chi connectivity index (χ1v) is 9.00. The Kier molecular flexibility index (Phi) is 9.74. The molecule has 3 aromatic rings. The van der Waals surface area contributed by atoms with E-state index in [0.29, 0.717) is 17.1 Å². The second-order valence-corrected chi connectivity index (χ2v) is 6.05. The first kappa shape index (κ1) is 25.2. The molecule has 0 bridgehead atoms. The number of aromatic hydroxyl groups is 2. The fourth-order valence-corrected chi connectivity index (χ4v) is 2.39. The van der Waals surface area contributed by atoms with Gasteiger partial charge in [-0.2, -0.15) is 5.11 Å². The number of carbonyl (C=O) groups excluding carboxylic acids is 1.